The number of hydrogen-bond acceptors (Lipinski definition) is 2. The van der Waals surface area contributed by atoms with E-state index in [2.05, 4.69) is 122 Å². The maximum absolute atomic E-state index is 5.28. The molecule has 8 aromatic rings. The lowest BCUT2D eigenvalue weighted by atomic mass is 9.68. The zero-order chi connectivity index (χ0) is 26.6. The van der Waals surface area contributed by atoms with E-state index in [0.29, 0.717) is 0 Å². The first-order valence-electron chi connectivity index (χ1n) is 13.9. The Morgan fingerprint density at radius 3 is 2.27 bits per heavy atom. The summed E-state index contributed by atoms with van der Waals surface area (Å²) in [5.74, 6) is 0.906. The number of aromatic nitrogens is 3. The second-order valence-electron chi connectivity index (χ2n) is 11.5. The van der Waals surface area contributed by atoms with Crippen LogP contribution >= 0.6 is 0 Å². The maximum Gasteiger partial charge on any atom is 0.138 e. The second-order valence-corrected chi connectivity index (χ2v) is 11.5. The number of para-hydroxylation sites is 1. The molecule has 3 aromatic heterocycles. The van der Waals surface area contributed by atoms with Crippen LogP contribution in [0.15, 0.2) is 115 Å². The Labute approximate surface area is 231 Å². The lowest BCUT2D eigenvalue weighted by Crippen LogP contribution is -2.23. The van der Waals surface area contributed by atoms with E-state index in [1.807, 2.05) is 12.3 Å². The van der Waals surface area contributed by atoms with E-state index in [9.17, 15) is 0 Å². The van der Waals surface area contributed by atoms with Crippen molar-refractivity contribution in [3.63, 3.8) is 0 Å². The molecule has 1 aliphatic rings. The molecule has 188 valence electrons. The van der Waals surface area contributed by atoms with E-state index < -0.39 is 0 Å². The van der Waals surface area contributed by atoms with Crippen molar-refractivity contribution in [3.8, 4) is 16.9 Å². The molecule has 40 heavy (non-hydrogen) atoms. The second kappa shape index (κ2) is 7.55. The van der Waals surface area contributed by atoms with Crippen molar-refractivity contribution in [2.45, 2.75) is 19.3 Å². The Hall–Kier alpha value is -5.02. The van der Waals surface area contributed by atoms with Gasteiger partial charge in [0.25, 0.3) is 0 Å². The van der Waals surface area contributed by atoms with Crippen LogP contribution in [0.4, 0.5) is 0 Å². The van der Waals surface area contributed by atoms with Gasteiger partial charge in [-0.25, -0.2) is 4.98 Å². The molecule has 0 N–H and O–H groups in total. The van der Waals surface area contributed by atoms with Gasteiger partial charge in [0, 0.05) is 38.7 Å². The summed E-state index contributed by atoms with van der Waals surface area (Å²) in [7, 11) is 0. The van der Waals surface area contributed by atoms with Crippen molar-refractivity contribution in [3.05, 3.63) is 127 Å². The van der Waals surface area contributed by atoms with Crippen LogP contribution in [0.1, 0.15) is 25.0 Å². The highest BCUT2D eigenvalue weighted by Gasteiger charge is 2.35. The third-order valence-corrected chi connectivity index (χ3v) is 8.99. The van der Waals surface area contributed by atoms with E-state index in [-0.39, 0.29) is 5.41 Å². The van der Waals surface area contributed by atoms with Crippen molar-refractivity contribution in [2.75, 3.05) is 0 Å². The molecule has 0 saturated heterocycles. The fourth-order valence-corrected chi connectivity index (χ4v) is 7.17. The van der Waals surface area contributed by atoms with Gasteiger partial charge in [0.1, 0.15) is 5.82 Å². The van der Waals surface area contributed by atoms with Crippen molar-refractivity contribution in [2.24, 2.45) is 0 Å². The van der Waals surface area contributed by atoms with E-state index >= 15 is 0 Å². The van der Waals surface area contributed by atoms with Crippen molar-refractivity contribution < 1.29 is 0 Å². The molecule has 0 amide bonds. The summed E-state index contributed by atoms with van der Waals surface area (Å²) in [6.45, 7) is 4.71. The summed E-state index contributed by atoms with van der Waals surface area (Å²) in [5.41, 5.74) is 9.54. The molecule has 1 aliphatic carbocycles. The van der Waals surface area contributed by atoms with Crippen LogP contribution < -0.4 is 0 Å². The molecule has 0 fully saturated rings. The van der Waals surface area contributed by atoms with Crippen LogP contribution in [0.25, 0.3) is 71.3 Å². The van der Waals surface area contributed by atoms with Gasteiger partial charge in [-0.3, -0.25) is 9.55 Å². The molecule has 0 aliphatic heterocycles. The van der Waals surface area contributed by atoms with E-state index in [1.54, 1.807) is 0 Å². The van der Waals surface area contributed by atoms with Crippen LogP contribution in [0.2, 0.25) is 0 Å². The lowest BCUT2D eigenvalue weighted by Gasteiger charge is -2.35. The summed E-state index contributed by atoms with van der Waals surface area (Å²) in [6.07, 6.45) is 1.85. The van der Waals surface area contributed by atoms with Crippen LogP contribution in [0.3, 0.4) is 0 Å². The first kappa shape index (κ1) is 21.9. The molecule has 3 heteroatoms. The molecule has 0 saturated carbocycles. The van der Waals surface area contributed by atoms with Gasteiger partial charge in [-0.1, -0.05) is 92.7 Å². The standard InChI is InChI=1S/C37H25N3/c1-37(2)27-13-5-3-11-25(27)34-32-24(9-7-14-28(32)37)21-30-33(34)26-12-4-6-15-29(26)40(30)31-19-18-23-17-16-22-10-8-20-38-35(22)36(23)39-31/h3-21H,1-2H3. The summed E-state index contributed by atoms with van der Waals surface area (Å²) in [4.78, 5) is 9.99. The quantitative estimate of drug-likeness (QED) is 0.206. The highest BCUT2D eigenvalue weighted by molar-refractivity contribution is 6.24. The Morgan fingerprint density at radius 2 is 1.35 bits per heavy atom. The maximum atomic E-state index is 5.28. The third-order valence-electron chi connectivity index (χ3n) is 8.99. The number of hydrogen-bond donors (Lipinski definition) is 0. The monoisotopic (exact) mass is 511 g/mol. The first-order chi connectivity index (χ1) is 19.6. The van der Waals surface area contributed by atoms with Gasteiger partial charge in [0.15, 0.2) is 0 Å². The molecule has 0 bridgehead atoms. The number of rotatable bonds is 1. The van der Waals surface area contributed by atoms with Gasteiger partial charge in [0.2, 0.25) is 0 Å². The predicted octanol–water partition coefficient (Wildman–Crippen LogP) is 9.34. The van der Waals surface area contributed by atoms with Crippen LogP contribution in [0, 0.1) is 0 Å². The van der Waals surface area contributed by atoms with Crippen molar-refractivity contribution >= 4 is 54.4 Å². The highest BCUT2D eigenvalue weighted by atomic mass is 15.1. The number of fused-ring (bicyclic) bond motifs is 9. The van der Waals surface area contributed by atoms with Crippen molar-refractivity contribution in [1.82, 2.24) is 14.5 Å². The minimum absolute atomic E-state index is 0.0803. The summed E-state index contributed by atoms with van der Waals surface area (Å²) in [5, 5.41) is 7.36. The molecular formula is C37H25N3. The molecule has 5 aromatic carbocycles. The average molecular weight is 512 g/mol. The van der Waals surface area contributed by atoms with E-state index in [1.165, 1.54) is 49.3 Å². The Balaban J connectivity index is 1.49. The Morgan fingerprint density at radius 1 is 0.600 bits per heavy atom. The minimum Gasteiger partial charge on any atom is -0.294 e. The smallest absolute Gasteiger partial charge is 0.138 e. The molecule has 0 radical (unpaired) electrons. The lowest BCUT2D eigenvalue weighted by molar-refractivity contribution is 0.645. The van der Waals surface area contributed by atoms with Crippen molar-refractivity contribution in [1.29, 1.82) is 0 Å². The van der Waals surface area contributed by atoms with Gasteiger partial charge in [-0.2, -0.15) is 0 Å². The minimum atomic E-state index is -0.0803. The summed E-state index contributed by atoms with van der Waals surface area (Å²) in [6, 6.07) is 39.5. The molecular weight excluding hydrogens is 486 g/mol. The molecule has 0 atom stereocenters. The normalized spacial score (nSPS) is 13.9. The fraction of sp³-hybridized carbons (Fsp3) is 0.0811. The third kappa shape index (κ3) is 2.69. The average Bonchev–Trinajstić information content (AvgIpc) is 3.32. The van der Waals surface area contributed by atoms with Crippen LogP contribution in [-0.2, 0) is 5.41 Å². The SMILES string of the molecule is CC1(C)c2ccccc2-c2c3c1cccc3cc1c2c2ccccc2n1-c1ccc2ccc3cccnc3c2n1. The summed E-state index contributed by atoms with van der Waals surface area (Å²) >= 11 is 0. The van der Waals surface area contributed by atoms with Gasteiger partial charge in [-0.05, 0) is 57.8 Å². The number of nitrogens with zero attached hydrogens (tertiary/aromatic N) is 3. The number of benzene rings is 5. The van der Waals surface area contributed by atoms with Gasteiger partial charge < -0.3 is 0 Å². The van der Waals surface area contributed by atoms with Crippen LogP contribution in [-0.4, -0.2) is 14.5 Å². The van der Waals surface area contributed by atoms with E-state index in [4.69, 9.17) is 9.97 Å². The Kier molecular flexibility index (Phi) is 4.13. The first-order valence-corrected chi connectivity index (χ1v) is 13.9. The molecule has 3 heterocycles. The number of pyridine rings is 2. The highest BCUT2D eigenvalue weighted by Crippen LogP contribution is 2.52. The van der Waals surface area contributed by atoms with Gasteiger partial charge in [-0.15, -0.1) is 0 Å². The topological polar surface area (TPSA) is 30.7 Å². The predicted molar refractivity (Wildman–Crippen MR) is 166 cm³/mol. The molecule has 0 unspecified atom stereocenters. The molecule has 0 spiro atoms. The molecule has 3 nitrogen and oxygen atoms in total. The zero-order valence-corrected chi connectivity index (χ0v) is 22.3. The molecule has 9 rings (SSSR count). The van der Waals surface area contributed by atoms with E-state index in [0.717, 1.165) is 33.1 Å². The summed E-state index contributed by atoms with van der Waals surface area (Å²) < 4.78 is 2.34. The zero-order valence-electron chi connectivity index (χ0n) is 22.3. The fourth-order valence-electron chi connectivity index (χ4n) is 7.17. The van der Waals surface area contributed by atoms with Gasteiger partial charge in [0.05, 0.1) is 22.1 Å². The van der Waals surface area contributed by atoms with Crippen LogP contribution in [0.5, 0.6) is 0 Å². The largest absolute Gasteiger partial charge is 0.294 e. The van der Waals surface area contributed by atoms with Gasteiger partial charge >= 0.3 is 0 Å². The Bertz CT molecular complexity index is 2360.